The first-order valence-electron chi connectivity index (χ1n) is 9.75. The van der Waals surface area contributed by atoms with Gasteiger partial charge in [0.05, 0.1) is 30.0 Å². The maximum atomic E-state index is 13.1. The first kappa shape index (κ1) is 21.6. The van der Waals surface area contributed by atoms with Gasteiger partial charge in [0, 0.05) is 31.4 Å². The van der Waals surface area contributed by atoms with E-state index in [-0.39, 0.29) is 11.3 Å². The van der Waals surface area contributed by atoms with E-state index in [4.69, 9.17) is 4.74 Å². The Bertz CT molecular complexity index is 1020. The molecule has 0 aliphatic carbocycles. The number of hydrogen-bond acceptors (Lipinski definition) is 6. The van der Waals surface area contributed by atoms with Gasteiger partial charge in [-0.05, 0) is 34.0 Å². The van der Waals surface area contributed by atoms with E-state index < -0.39 is 17.7 Å². The summed E-state index contributed by atoms with van der Waals surface area (Å²) in [5.41, 5.74) is 2.48. The molecule has 2 heterocycles. The number of rotatable bonds is 6. The highest BCUT2D eigenvalue weighted by atomic mass is 16.5. The molecular formula is C22H28N4O4. The Balaban J connectivity index is 2.25. The number of benzene rings is 1. The van der Waals surface area contributed by atoms with Crippen LogP contribution in [-0.2, 0) is 16.6 Å². The number of ketones is 1. The zero-order valence-corrected chi connectivity index (χ0v) is 18.3. The maximum Gasteiger partial charge on any atom is 0.295 e. The second-order valence-corrected chi connectivity index (χ2v) is 7.71. The zero-order chi connectivity index (χ0) is 22.2. The van der Waals surface area contributed by atoms with Crippen molar-refractivity contribution in [3.8, 4) is 5.75 Å². The van der Waals surface area contributed by atoms with Crippen molar-refractivity contribution in [2.24, 2.45) is 7.05 Å². The van der Waals surface area contributed by atoms with Crippen LogP contribution in [0.4, 0.5) is 0 Å². The van der Waals surface area contributed by atoms with Crippen LogP contribution in [0.25, 0.3) is 5.76 Å². The van der Waals surface area contributed by atoms with E-state index in [9.17, 15) is 14.7 Å². The van der Waals surface area contributed by atoms with Crippen molar-refractivity contribution in [3.05, 3.63) is 52.4 Å². The number of carbonyl (C=O) groups is 2. The highest BCUT2D eigenvalue weighted by Gasteiger charge is 2.47. The van der Waals surface area contributed by atoms with Gasteiger partial charge in [-0.15, -0.1) is 0 Å². The van der Waals surface area contributed by atoms with Crippen LogP contribution in [0.1, 0.15) is 28.6 Å². The molecule has 1 atom stereocenters. The van der Waals surface area contributed by atoms with Gasteiger partial charge >= 0.3 is 0 Å². The molecule has 1 N–H and O–H groups in total. The van der Waals surface area contributed by atoms with Crippen molar-refractivity contribution in [1.82, 2.24) is 19.6 Å². The number of likely N-dealkylation sites (N-methyl/N-ethyl adjacent to an activating group) is 1. The Kier molecular flexibility index (Phi) is 5.98. The third kappa shape index (κ3) is 3.59. The summed E-state index contributed by atoms with van der Waals surface area (Å²) in [5, 5.41) is 15.6. The average molecular weight is 412 g/mol. The lowest BCUT2D eigenvalue weighted by Crippen LogP contribution is -2.35. The fourth-order valence-electron chi connectivity index (χ4n) is 3.89. The minimum Gasteiger partial charge on any atom is -0.507 e. The number of likely N-dealkylation sites (tertiary alicyclic amines) is 1. The summed E-state index contributed by atoms with van der Waals surface area (Å²) < 4.78 is 7.15. The number of amides is 1. The molecule has 1 aliphatic rings. The van der Waals surface area contributed by atoms with E-state index in [1.807, 2.05) is 44.1 Å². The van der Waals surface area contributed by atoms with Gasteiger partial charge in [-0.25, -0.2) is 0 Å². The summed E-state index contributed by atoms with van der Waals surface area (Å²) in [4.78, 5) is 29.5. The molecule has 8 nitrogen and oxygen atoms in total. The molecule has 1 saturated heterocycles. The van der Waals surface area contributed by atoms with E-state index in [1.165, 1.54) is 4.90 Å². The molecule has 1 amide bonds. The molecule has 1 aromatic heterocycles. The molecule has 1 fully saturated rings. The molecule has 1 aliphatic heterocycles. The first-order chi connectivity index (χ1) is 14.2. The number of Topliss-reactive ketones (excluding diaryl/α,β-unsaturated/α-hetero) is 1. The van der Waals surface area contributed by atoms with Crippen LogP contribution in [-0.4, -0.2) is 70.7 Å². The number of aliphatic hydroxyl groups is 1. The molecule has 1 unspecified atom stereocenters. The molecular weight excluding hydrogens is 384 g/mol. The first-order valence-corrected chi connectivity index (χ1v) is 9.75. The quantitative estimate of drug-likeness (QED) is 0.444. The molecule has 3 rings (SSSR count). The van der Waals surface area contributed by atoms with E-state index in [2.05, 4.69) is 5.10 Å². The highest BCUT2D eigenvalue weighted by Crippen LogP contribution is 2.43. The number of aromatic nitrogens is 2. The molecule has 30 heavy (non-hydrogen) atoms. The van der Waals surface area contributed by atoms with Crippen LogP contribution in [0, 0.1) is 13.8 Å². The zero-order valence-electron chi connectivity index (χ0n) is 18.3. The van der Waals surface area contributed by atoms with Gasteiger partial charge in [0.2, 0.25) is 0 Å². The normalized spacial score (nSPS) is 18.5. The predicted molar refractivity (Wildman–Crippen MR) is 113 cm³/mol. The number of ether oxygens (including phenoxy) is 1. The second kappa shape index (κ2) is 8.31. The molecule has 8 heteroatoms. The van der Waals surface area contributed by atoms with E-state index >= 15 is 0 Å². The Hall–Kier alpha value is -3.13. The summed E-state index contributed by atoms with van der Waals surface area (Å²) >= 11 is 0. The lowest BCUT2D eigenvalue weighted by molar-refractivity contribution is -0.140. The number of para-hydroxylation sites is 1. The third-order valence-electron chi connectivity index (χ3n) is 5.51. The fraction of sp³-hybridized carbons (Fsp3) is 0.409. The summed E-state index contributed by atoms with van der Waals surface area (Å²) in [6.07, 6.45) is 0. The number of methoxy groups -OCH3 is 1. The molecule has 1 aromatic carbocycles. The maximum absolute atomic E-state index is 13.1. The largest absolute Gasteiger partial charge is 0.507 e. The lowest BCUT2D eigenvalue weighted by Gasteiger charge is -2.27. The molecule has 2 aromatic rings. The Labute approximate surface area is 176 Å². The van der Waals surface area contributed by atoms with Crippen molar-refractivity contribution in [2.75, 3.05) is 34.3 Å². The highest BCUT2D eigenvalue weighted by molar-refractivity contribution is 6.46. The van der Waals surface area contributed by atoms with Crippen LogP contribution in [0.15, 0.2) is 29.8 Å². The van der Waals surface area contributed by atoms with Crippen LogP contribution < -0.4 is 4.74 Å². The SMILES string of the molecule is COc1ccccc1C1/C(=C(\O)c2c(C)nn(C)c2C)C(=O)C(=O)N1CCN(C)C. The van der Waals surface area contributed by atoms with E-state index in [1.54, 1.807) is 31.8 Å². The van der Waals surface area contributed by atoms with Crippen LogP contribution in [0.5, 0.6) is 5.75 Å². The minimum absolute atomic E-state index is 0.0578. The molecule has 0 spiro atoms. The topological polar surface area (TPSA) is 87.9 Å². The monoisotopic (exact) mass is 412 g/mol. The predicted octanol–water partition coefficient (Wildman–Crippen LogP) is 2.03. The van der Waals surface area contributed by atoms with E-state index in [0.717, 1.165) is 0 Å². The van der Waals surface area contributed by atoms with Crippen LogP contribution in [0.3, 0.4) is 0 Å². The molecule has 0 radical (unpaired) electrons. The molecule has 160 valence electrons. The Morgan fingerprint density at radius 3 is 2.47 bits per heavy atom. The van der Waals surface area contributed by atoms with Crippen molar-refractivity contribution in [2.45, 2.75) is 19.9 Å². The number of hydrogen-bond donors (Lipinski definition) is 1. The Morgan fingerprint density at radius 1 is 1.23 bits per heavy atom. The van der Waals surface area contributed by atoms with Gasteiger partial charge in [-0.1, -0.05) is 18.2 Å². The van der Waals surface area contributed by atoms with Crippen molar-refractivity contribution >= 4 is 17.4 Å². The lowest BCUT2D eigenvalue weighted by atomic mass is 9.94. The third-order valence-corrected chi connectivity index (χ3v) is 5.51. The second-order valence-electron chi connectivity index (χ2n) is 7.71. The van der Waals surface area contributed by atoms with Crippen molar-refractivity contribution in [1.29, 1.82) is 0 Å². The van der Waals surface area contributed by atoms with Gasteiger partial charge in [-0.2, -0.15) is 5.10 Å². The fourth-order valence-corrected chi connectivity index (χ4v) is 3.89. The van der Waals surface area contributed by atoms with Crippen LogP contribution >= 0.6 is 0 Å². The number of aliphatic hydroxyl groups excluding tert-OH is 1. The van der Waals surface area contributed by atoms with Crippen LogP contribution in [0.2, 0.25) is 0 Å². The standard InChI is InChI=1S/C22H28N4O4/c1-13-17(14(2)25(5)23-13)20(27)18-19(15-9-7-8-10-16(15)30-6)26(12-11-24(3)4)22(29)21(18)28/h7-10,19,27H,11-12H2,1-6H3/b20-18+. The van der Waals surface area contributed by atoms with E-state index in [0.29, 0.717) is 41.4 Å². The summed E-state index contributed by atoms with van der Waals surface area (Å²) in [6, 6.07) is 6.49. The van der Waals surface area contributed by atoms with Crippen molar-refractivity contribution in [3.63, 3.8) is 0 Å². The number of nitrogens with zero attached hydrogens (tertiary/aromatic N) is 4. The van der Waals surface area contributed by atoms with Gasteiger partial charge in [0.25, 0.3) is 11.7 Å². The van der Waals surface area contributed by atoms with Crippen molar-refractivity contribution < 1.29 is 19.4 Å². The molecule has 0 saturated carbocycles. The molecule has 0 bridgehead atoms. The smallest absolute Gasteiger partial charge is 0.295 e. The Morgan fingerprint density at radius 2 is 1.90 bits per heavy atom. The van der Waals surface area contributed by atoms with Gasteiger partial charge < -0.3 is 19.6 Å². The minimum atomic E-state index is -0.750. The number of aryl methyl sites for hydroxylation is 2. The van der Waals surface area contributed by atoms with Gasteiger partial charge in [0.15, 0.2) is 0 Å². The summed E-state index contributed by atoms with van der Waals surface area (Å²) in [5.74, 6) is -0.997. The average Bonchev–Trinajstić information content (AvgIpc) is 3.11. The van der Waals surface area contributed by atoms with Gasteiger partial charge in [-0.3, -0.25) is 14.3 Å². The number of carbonyl (C=O) groups excluding carboxylic acids is 2. The van der Waals surface area contributed by atoms with Gasteiger partial charge in [0.1, 0.15) is 11.5 Å². The summed E-state index contributed by atoms with van der Waals surface area (Å²) in [7, 11) is 7.11. The summed E-state index contributed by atoms with van der Waals surface area (Å²) in [6.45, 7) is 4.49.